The minimum Gasteiger partial charge on any atom is -0.272 e. The fraction of sp³-hybridized carbons (Fsp3) is 0.118. The molecule has 0 fully saturated rings. The second-order valence-electron chi connectivity index (χ2n) is 4.66. The molecule has 1 aromatic heterocycles. The number of rotatable bonds is 2. The number of aromatic nitrogens is 2. The van der Waals surface area contributed by atoms with E-state index in [1.54, 1.807) is 0 Å². The molecule has 0 aliphatic rings. The van der Waals surface area contributed by atoms with Crippen LogP contribution in [0, 0.1) is 6.92 Å². The Labute approximate surface area is 113 Å². The first kappa shape index (κ1) is 11.7. The maximum atomic E-state index is 4.67. The van der Waals surface area contributed by atoms with E-state index in [2.05, 4.69) is 48.4 Å². The number of hydrogen-bond acceptors (Lipinski definition) is 1. The van der Waals surface area contributed by atoms with Gasteiger partial charge in [-0.1, -0.05) is 60.7 Å². The smallest absolute Gasteiger partial charge is 0.100 e. The van der Waals surface area contributed by atoms with E-state index in [1.807, 2.05) is 36.0 Å². The standard InChI is InChI=1S/C17H16N2/c1-13-16(14-9-5-3-6-10-14)17(18-19(13)2)15-11-7-4-8-12-15/h3-12H,1-2H3. The van der Waals surface area contributed by atoms with E-state index in [4.69, 9.17) is 0 Å². The molecule has 0 radical (unpaired) electrons. The van der Waals surface area contributed by atoms with Crippen molar-refractivity contribution >= 4 is 0 Å². The molecule has 3 aromatic rings. The van der Waals surface area contributed by atoms with Crippen molar-refractivity contribution in [1.82, 2.24) is 9.78 Å². The minimum atomic E-state index is 1.05. The Hall–Kier alpha value is -2.35. The quantitative estimate of drug-likeness (QED) is 0.668. The Morgan fingerprint density at radius 2 is 1.32 bits per heavy atom. The largest absolute Gasteiger partial charge is 0.272 e. The maximum Gasteiger partial charge on any atom is 0.100 e. The molecule has 0 N–H and O–H groups in total. The van der Waals surface area contributed by atoms with Gasteiger partial charge in [-0.25, -0.2) is 0 Å². The summed E-state index contributed by atoms with van der Waals surface area (Å²) in [7, 11) is 1.99. The molecule has 19 heavy (non-hydrogen) atoms. The van der Waals surface area contributed by atoms with Crippen LogP contribution in [0.3, 0.4) is 0 Å². The van der Waals surface area contributed by atoms with Gasteiger partial charge in [0.25, 0.3) is 0 Å². The first-order chi connectivity index (χ1) is 9.27. The van der Waals surface area contributed by atoms with Crippen molar-refractivity contribution in [1.29, 1.82) is 0 Å². The third kappa shape index (κ3) is 2.06. The van der Waals surface area contributed by atoms with Gasteiger partial charge in [0.05, 0.1) is 0 Å². The van der Waals surface area contributed by atoms with E-state index in [0.717, 1.165) is 11.3 Å². The van der Waals surface area contributed by atoms with Crippen LogP contribution in [-0.2, 0) is 7.05 Å². The van der Waals surface area contributed by atoms with Crippen LogP contribution in [0.4, 0.5) is 0 Å². The van der Waals surface area contributed by atoms with Gasteiger partial charge in [-0.3, -0.25) is 4.68 Å². The van der Waals surface area contributed by atoms with Crippen LogP contribution in [0.5, 0.6) is 0 Å². The van der Waals surface area contributed by atoms with Crippen LogP contribution in [-0.4, -0.2) is 9.78 Å². The minimum absolute atomic E-state index is 1.05. The molecule has 0 spiro atoms. The van der Waals surface area contributed by atoms with Gasteiger partial charge in [0.1, 0.15) is 5.69 Å². The second kappa shape index (κ2) is 4.73. The number of hydrogen-bond donors (Lipinski definition) is 0. The number of benzene rings is 2. The summed E-state index contributed by atoms with van der Waals surface area (Å²) in [5, 5.41) is 4.67. The summed E-state index contributed by atoms with van der Waals surface area (Å²) in [6.45, 7) is 2.11. The summed E-state index contributed by atoms with van der Waals surface area (Å²) in [5.41, 5.74) is 5.82. The highest BCUT2D eigenvalue weighted by Crippen LogP contribution is 2.33. The summed E-state index contributed by atoms with van der Waals surface area (Å²) < 4.78 is 1.95. The van der Waals surface area contributed by atoms with Crippen LogP contribution in [0.25, 0.3) is 22.4 Å². The predicted molar refractivity (Wildman–Crippen MR) is 78.8 cm³/mol. The summed E-state index contributed by atoms with van der Waals surface area (Å²) in [4.78, 5) is 0. The first-order valence-electron chi connectivity index (χ1n) is 6.42. The third-order valence-corrected chi connectivity index (χ3v) is 3.44. The van der Waals surface area contributed by atoms with Crippen molar-refractivity contribution in [3.05, 3.63) is 66.4 Å². The lowest BCUT2D eigenvalue weighted by Crippen LogP contribution is -1.92. The highest BCUT2D eigenvalue weighted by atomic mass is 15.3. The molecular weight excluding hydrogens is 232 g/mol. The van der Waals surface area contributed by atoms with Crippen LogP contribution in [0.2, 0.25) is 0 Å². The predicted octanol–water partition coefficient (Wildman–Crippen LogP) is 4.06. The third-order valence-electron chi connectivity index (χ3n) is 3.44. The molecule has 0 aliphatic carbocycles. The SMILES string of the molecule is Cc1c(-c2ccccc2)c(-c2ccccc2)nn1C. The Morgan fingerprint density at radius 1 is 0.789 bits per heavy atom. The summed E-state index contributed by atoms with van der Waals surface area (Å²) in [6.07, 6.45) is 0. The lowest BCUT2D eigenvalue weighted by Gasteiger charge is -2.04. The molecule has 94 valence electrons. The zero-order valence-electron chi connectivity index (χ0n) is 11.2. The van der Waals surface area contributed by atoms with Gasteiger partial charge in [-0.2, -0.15) is 5.10 Å². The van der Waals surface area contributed by atoms with Crippen molar-refractivity contribution in [2.45, 2.75) is 6.92 Å². The van der Waals surface area contributed by atoms with Gasteiger partial charge in [-0.15, -0.1) is 0 Å². The molecule has 0 atom stereocenters. The molecule has 0 aliphatic heterocycles. The summed E-state index contributed by atoms with van der Waals surface area (Å²) >= 11 is 0. The van der Waals surface area contributed by atoms with Gasteiger partial charge in [0.15, 0.2) is 0 Å². The zero-order valence-corrected chi connectivity index (χ0v) is 11.2. The zero-order chi connectivity index (χ0) is 13.2. The second-order valence-corrected chi connectivity index (χ2v) is 4.66. The fourth-order valence-corrected chi connectivity index (χ4v) is 2.36. The molecule has 0 amide bonds. The average Bonchev–Trinajstić information content (AvgIpc) is 2.77. The molecule has 2 nitrogen and oxygen atoms in total. The van der Waals surface area contributed by atoms with Gasteiger partial charge in [-0.05, 0) is 12.5 Å². The molecule has 2 aromatic carbocycles. The van der Waals surface area contributed by atoms with Crippen molar-refractivity contribution in [3.63, 3.8) is 0 Å². The molecule has 3 rings (SSSR count). The lowest BCUT2D eigenvalue weighted by molar-refractivity contribution is 0.743. The highest BCUT2D eigenvalue weighted by Gasteiger charge is 2.15. The van der Waals surface area contributed by atoms with Gasteiger partial charge >= 0.3 is 0 Å². The van der Waals surface area contributed by atoms with Crippen LogP contribution in [0.1, 0.15) is 5.69 Å². The topological polar surface area (TPSA) is 17.8 Å². The Morgan fingerprint density at radius 3 is 1.89 bits per heavy atom. The van der Waals surface area contributed by atoms with Crippen molar-refractivity contribution in [3.8, 4) is 22.4 Å². The van der Waals surface area contributed by atoms with Crippen molar-refractivity contribution in [2.24, 2.45) is 7.05 Å². The van der Waals surface area contributed by atoms with Crippen molar-refractivity contribution in [2.75, 3.05) is 0 Å². The summed E-state index contributed by atoms with van der Waals surface area (Å²) in [6, 6.07) is 20.8. The van der Waals surface area contributed by atoms with E-state index < -0.39 is 0 Å². The van der Waals surface area contributed by atoms with Gasteiger partial charge in [0, 0.05) is 23.9 Å². The Bertz CT molecular complexity index is 682. The number of nitrogens with zero attached hydrogens (tertiary/aromatic N) is 2. The van der Waals surface area contributed by atoms with E-state index in [-0.39, 0.29) is 0 Å². The van der Waals surface area contributed by atoms with Crippen molar-refractivity contribution < 1.29 is 0 Å². The highest BCUT2D eigenvalue weighted by molar-refractivity contribution is 5.82. The molecule has 0 saturated heterocycles. The molecule has 1 heterocycles. The molecular formula is C17H16N2. The van der Waals surface area contributed by atoms with Crippen LogP contribution in [0.15, 0.2) is 60.7 Å². The average molecular weight is 248 g/mol. The van der Waals surface area contributed by atoms with Crippen LogP contribution >= 0.6 is 0 Å². The van der Waals surface area contributed by atoms with Gasteiger partial charge < -0.3 is 0 Å². The molecule has 0 bridgehead atoms. The van der Waals surface area contributed by atoms with E-state index in [0.29, 0.717) is 0 Å². The summed E-state index contributed by atoms with van der Waals surface area (Å²) in [5.74, 6) is 0. The first-order valence-corrected chi connectivity index (χ1v) is 6.42. The van der Waals surface area contributed by atoms with Gasteiger partial charge in [0.2, 0.25) is 0 Å². The number of aryl methyl sites for hydroxylation is 1. The van der Waals surface area contributed by atoms with E-state index >= 15 is 0 Å². The lowest BCUT2D eigenvalue weighted by atomic mass is 9.99. The van der Waals surface area contributed by atoms with E-state index in [1.165, 1.54) is 16.8 Å². The normalized spacial score (nSPS) is 10.6. The molecule has 0 saturated carbocycles. The monoisotopic (exact) mass is 248 g/mol. The van der Waals surface area contributed by atoms with Crippen LogP contribution < -0.4 is 0 Å². The fourth-order valence-electron chi connectivity index (χ4n) is 2.36. The molecule has 0 unspecified atom stereocenters. The molecule has 2 heteroatoms. The Kier molecular flexibility index (Phi) is 2.92. The maximum absolute atomic E-state index is 4.67. The Balaban J connectivity index is 2.25. The van der Waals surface area contributed by atoms with E-state index in [9.17, 15) is 0 Å².